The lowest BCUT2D eigenvalue weighted by molar-refractivity contribution is -0.123. The summed E-state index contributed by atoms with van der Waals surface area (Å²) < 4.78 is 0. The zero-order valence-electron chi connectivity index (χ0n) is 11.8. The molecule has 4 heteroatoms. The number of aliphatic hydroxyl groups is 2. The minimum atomic E-state index is -0.512. The van der Waals surface area contributed by atoms with Crippen LogP contribution in [0.25, 0.3) is 0 Å². The Morgan fingerprint density at radius 2 is 2.05 bits per heavy atom. The highest BCUT2D eigenvalue weighted by Crippen LogP contribution is 2.27. The van der Waals surface area contributed by atoms with Gasteiger partial charge in [0, 0.05) is 18.6 Å². The Hall–Kier alpha value is -1.39. The van der Waals surface area contributed by atoms with Gasteiger partial charge < -0.3 is 15.5 Å². The third-order valence-electron chi connectivity index (χ3n) is 4.17. The summed E-state index contributed by atoms with van der Waals surface area (Å²) in [7, 11) is 0. The van der Waals surface area contributed by atoms with Gasteiger partial charge in [0.2, 0.25) is 5.91 Å². The smallest absolute Gasteiger partial charge is 0.227 e. The van der Waals surface area contributed by atoms with Gasteiger partial charge in [0.1, 0.15) is 0 Å². The lowest BCUT2D eigenvalue weighted by Gasteiger charge is -2.19. The molecule has 1 aromatic carbocycles. The summed E-state index contributed by atoms with van der Waals surface area (Å²) in [5.74, 6) is -0.256. The molecule has 1 aromatic rings. The summed E-state index contributed by atoms with van der Waals surface area (Å²) in [5, 5.41) is 21.9. The number of hydrogen-bond donors (Lipinski definition) is 3. The van der Waals surface area contributed by atoms with Crippen molar-refractivity contribution in [2.45, 2.75) is 44.2 Å². The van der Waals surface area contributed by atoms with Gasteiger partial charge in [0.25, 0.3) is 0 Å². The number of amides is 1. The molecule has 0 radical (unpaired) electrons. The topological polar surface area (TPSA) is 69.6 Å². The molecule has 0 aliphatic heterocycles. The van der Waals surface area contributed by atoms with Crippen LogP contribution in [0.5, 0.6) is 0 Å². The Morgan fingerprint density at radius 1 is 1.35 bits per heavy atom. The van der Waals surface area contributed by atoms with E-state index in [1.54, 1.807) is 0 Å². The van der Waals surface area contributed by atoms with Crippen molar-refractivity contribution in [1.82, 2.24) is 5.32 Å². The fraction of sp³-hybridized carbons (Fsp3) is 0.562. The molecule has 0 aromatic heterocycles. The van der Waals surface area contributed by atoms with Crippen LogP contribution in [-0.2, 0) is 4.79 Å². The Bertz CT molecular complexity index is 435. The zero-order valence-corrected chi connectivity index (χ0v) is 11.8. The molecule has 0 spiro atoms. The summed E-state index contributed by atoms with van der Waals surface area (Å²) in [4.78, 5) is 12.4. The van der Waals surface area contributed by atoms with Crippen molar-refractivity contribution in [2.75, 3.05) is 6.61 Å². The van der Waals surface area contributed by atoms with E-state index >= 15 is 0 Å². The molecule has 1 saturated carbocycles. The van der Waals surface area contributed by atoms with Gasteiger partial charge in [-0.25, -0.2) is 0 Å². The van der Waals surface area contributed by atoms with Crippen LogP contribution in [0.3, 0.4) is 0 Å². The first-order chi connectivity index (χ1) is 9.65. The van der Waals surface area contributed by atoms with Gasteiger partial charge in [-0.15, -0.1) is 0 Å². The van der Waals surface area contributed by atoms with E-state index in [4.69, 9.17) is 5.11 Å². The number of aliphatic hydroxyl groups excluding tert-OH is 2. The van der Waals surface area contributed by atoms with Gasteiger partial charge in [0.15, 0.2) is 0 Å². The fourth-order valence-corrected chi connectivity index (χ4v) is 2.98. The number of carbonyl (C=O) groups is 1. The van der Waals surface area contributed by atoms with E-state index < -0.39 is 6.10 Å². The fourth-order valence-electron chi connectivity index (χ4n) is 2.98. The van der Waals surface area contributed by atoms with Crippen LogP contribution in [0.2, 0.25) is 0 Å². The number of hydrogen-bond acceptors (Lipinski definition) is 3. The van der Waals surface area contributed by atoms with E-state index in [9.17, 15) is 9.90 Å². The second-order valence-corrected chi connectivity index (χ2v) is 5.56. The lowest BCUT2D eigenvalue weighted by atomic mass is 9.95. The number of benzene rings is 1. The molecule has 3 N–H and O–H groups in total. The third-order valence-corrected chi connectivity index (χ3v) is 4.17. The summed E-state index contributed by atoms with van der Waals surface area (Å²) in [5.41, 5.74) is 1.02. The van der Waals surface area contributed by atoms with Crippen molar-refractivity contribution >= 4 is 5.91 Å². The Kier molecular flexibility index (Phi) is 5.15. The predicted molar refractivity (Wildman–Crippen MR) is 77.2 cm³/mol. The average Bonchev–Trinajstić information content (AvgIpc) is 2.80. The Balaban J connectivity index is 1.97. The summed E-state index contributed by atoms with van der Waals surface area (Å²) >= 11 is 0. The van der Waals surface area contributed by atoms with Gasteiger partial charge in [0.05, 0.1) is 12.0 Å². The standard InChI is InChI=1S/C16H23NO3/c1-2-14(11-6-4-3-5-7-11)16(20)17-13-8-12(10-18)15(19)9-13/h3-7,12-15,18-19H,2,8-10H2,1H3,(H,17,20)/t12-,13+,14+,15-/m1/s1. The molecule has 0 bridgehead atoms. The molecule has 2 rings (SSSR count). The van der Waals surface area contributed by atoms with Gasteiger partial charge in [-0.3, -0.25) is 4.79 Å². The van der Waals surface area contributed by atoms with E-state index in [2.05, 4.69) is 5.32 Å². The van der Waals surface area contributed by atoms with Crippen LogP contribution in [-0.4, -0.2) is 34.9 Å². The minimum Gasteiger partial charge on any atom is -0.396 e. The predicted octanol–water partition coefficient (Wildman–Crippen LogP) is 1.43. The van der Waals surface area contributed by atoms with Crippen molar-refractivity contribution in [3.05, 3.63) is 35.9 Å². The SMILES string of the molecule is CC[C@H](C(=O)N[C@H]1C[C@H](CO)[C@H](O)C1)c1ccccc1. The highest BCUT2D eigenvalue weighted by atomic mass is 16.3. The second-order valence-electron chi connectivity index (χ2n) is 5.56. The van der Waals surface area contributed by atoms with Crippen molar-refractivity contribution in [1.29, 1.82) is 0 Å². The first-order valence-corrected chi connectivity index (χ1v) is 7.30. The quantitative estimate of drug-likeness (QED) is 0.762. The summed E-state index contributed by atoms with van der Waals surface area (Å²) in [6.45, 7) is 1.97. The van der Waals surface area contributed by atoms with Crippen LogP contribution in [0.15, 0.2) is 30.3 Å². The Morgan fingerprint density at radius 3 is 2.60 bits per heavy atom. The summed E-state index contributed by atoms with van der Waals surface area (Å²) in [6.07, 6.45) is 1.41. The molecule has 110 valence electrons. The van der Waals surface area contributed by atoms with Gasteiger partial charge in [-0.05, 0) is 24.8 Å². The van der Waals surface area contributed by atoms with E-state index in [1.807, 2.05) is 37.3 Å². The van der Waals surface area contributed by atoms with Crippen molar-refractivity contribution in [3.63, 3.8) is 0 Å². The molecule has 0 heterocycles. The van der Waals surface area contributed by atoms with E-state index in [0.717, 1.165) is 12.0 Å². The zero-order chi connectivity index (χ0) is 14.5. The van der Waals surface area contributed by atoms with Gasteiger partial charge >= 0.3 is 0 Å². The number of carbonyl (C=O) groups excluding carboxylic acids is 1. The normalized spacial score (nSPS) is 27.2. The molecule has 4 nitrogen and oxygen atoms in total. The largest absolute Gasteiger partial charge is 0.396 e. The van der Waals surface area contributed by atoms with E-state index in [1.165, 1.54) is 0 Å². The average molecular weight is 277 g/mol. The highest BCUT2D eigenvalue weighted by molar-refractivity contribution is 5.83. The van der Waals surface area contributed by atoms with Gasteiger partial charge in [-0.2, -0.15) is 0 Å². The molecule has 0 saturated heterocycles. The van der Waals surface area contributed by atoms with Crippen molar-refractivity contribution in [2.24, 2.45) is 5.92 Å². The first kappa shape index (κ1) is 15.0. The van der Waals surface area contributed by atoms with Crippen LogP contribution < -0.4 is 5.32 Å². The van der Waals surface area contributed by atoms with Crippen LogP contribution >= 0.6 is 0 Å². The Labute approximate surface area is 119 Å². The number of nitrogens with one attached hydrogen (secondary N) is 1. The maximum atomic E-state index is 12.4. The van der Waals surface area contributed by atoms with Gasteiger partial charge in [-0.1, -0.05) is 37.3 Å². The first-order valence-electron chi connectivity index (χ1n) is 7.30. The molecular weight excluding hydrogens is 254 g/mol. The van der Waals surface area contributed by atoms with E-state index in [-0.39, 0.29) is 30.4 Å². The van der Waals surface area contributed by atoms with Crippen molar-refractivity contribution < 1.29 is 15.0 Å². The monoisotopic (exact) mass is 277 g/mol. The van der Waals surface area contributed by atoms with Crippen LogP contribution in [0.1, 0.15) is 37.7 Å². The minimum absolute atomic E-state index is 0.00879. The molecule has 20 heavy (non-hydrogen) atoms. The van der Waals surface area contributed by atoms with E-state index in [0.29, 0.717) is 12.8 Å². The maximum absolute atomic E-state index is 12.4. The maximum Gasteiger partial charge on any atom is 0.227 e. The lowest BCUT2D eigenvalue weighted by Crippen LogP contribution is -2.36. The second kappa shape index (κ2) is 6.86. The molecule has 1 amide bonds. The molecule has 0 unspecified atom stereocenters. The molecule has 1 aliphatic carbocycles. The number of rotatable bonds is 5. The third kappa shape index (κ3) is 3.38. The molecular formula is C16H23NO3. The summed E-state index contributed by atoms with van der Waals surface area (Å²) in [6, 6.07) is 9.71. The molecule has 4 atom stereocenters. The van der Waals surface area contributed by atoms with Crippen LogP contribution in [0.4, 0.5) is 0 Å². The van der Waals surface area contributed by atoms with Crippen molar-refractivity contribution in [3.8, 4) is 0 Å². The molecule has 1 aliphatic rings. The highest BCUT2D eigenvalue weighted by Gasteiger charge is 2.34. The van der Waals surface area contributed by atoms with Crippen LogP contribution in [0, 0.1) is 5.92 Å². The molecule has 1 fully saturated rings.